The number of methoxy groups -OCH3 is 1. The number of hydrogen-bond acceptors (Lipinski definition) is 4. The van der Waals surface area contributed by atoms with Gasteiger partial charge in [-0.3, -0.25) is 4.79 Å². The molecule has 5 heteroatoms. The maximum Gasteiger partial charge on any atom is 0.258 e. The van der Waals surface area contributed by atoms with E-state index in [4.69, 9.17) is 4.74 Å². The maximum atomic E-state index is 12.4. The number of phenolic OH excluding ortho intramolecular Hbond substituents is 1. The zero-order valence-corrected chi connectivity index (χ0v) is 10.6. The summed E-state index contributed by atoms with van der Waals surface area (Å²) in [6.07, 6.45) is 0. The van der Waals surface area contributed by atoms with Crippen LogP contribution < -0.4 is 10.1 Å². The number of nitrogens with zero attached hydrogens (tertiary/aromatic N) is 1. The zero-order chi connectivity index (χ0) is 13.1. The van der Waals surface area contributed by atoms with Gasteiger partial charge in [-0.2, -0.15) is 0 Å². The normalized spacial score (nSPS) is 19.7. The fourth-order valence-electron chi connectivity index (χ4n) is 2.11. The Morgan fingerprint density at radius 1 is 1.56 bits per heavy atom. The van der Waals surface area contributed by atoms with E-state index >= 15 is 0 Å². The molecule has 0 saturated carbocycles. The minimum atomic E-state index is -0.152. The van der Waals surface area contributed by atoms with Crippen LogP contribution in [0.15, 0.2) is 18.2 Å². The summed E-state index contributed by atoms with van der Waals surface area (Å²) in [7, 11) is 1.54. The van der Waals surface area contributed by atoms with Crippen LogP contribution in [0.4, 0.5) is 0 Å². The molecule has 0 bridgehead atoms. The molecule has 1 fully saturated rings. The van der Waals surface area contributed by atoms with Crippen LogP contribution in [-0.4, -0.2) is 48.7 Å². The standard InChI is InChI=1S/C13H18N2O3/c1-9-8-14-5-6-15(9)13(17)11-7-10(18-2)3-4-12(11)16/h3-4,7,9,14,16H,5-6,8H2,1-2H3/t9-/m1/s1. The predicted molar refractivity (Wildman–Crippen MR) is 68.0 cm³/mol. The Hall–Kier alpha value is -1.75. The summed E-state index contributed by atoms with van der Waals surface area (Å²) in [4.78, 5) is 14.2. The molecule has 2 rings (SSSR count). The Morgan fingerprint density at radius 2 is 2.33 bits per heavy atom. The van der Waals surface area contributed by atoms with Gasteiger partial charge in [0.05, 0.1) is 12.7 Å². The Morgan fingerprint density at radius 3 is 3.00 bits per heavy atom. The number of carbonyl (C=O) groups excluding carboxylic acids is 1. The van der Waals surface area contributed by atoms with Crippen molar-refractivity contribution < 1.29 is 14.6 Å². The van der Waals surface area contributed by atoms with E-state index in [0.29, 0.717) is 17.9 Å². The lowest BCUT2D eigenvalue weighted by Crippen LogP contribution is -2.52. The fourth-order valence-corrected chi connectivity index (χ4v) is 2.11. The Labute approximate surface area is 106 Å². The van der Waals surface area contributed by atoms with Gasteiger partial charge >= 0.3 is 0 Å². The third-order valence-corrected chi connectivity index (χ3v) is 3.20. The molecular formula is C13H18N2O3. The van der Waals surface area contributed by atoms with Crippen LogP contribution in [0.2, 0.25) is 0 Å². The number of phenols is 1. The lowest BCUT2D eigenvalue weighted by molar-refractivity contribution is 0.0652. The second-order valence-electron chi connectivity index (χ2n) is 4.43. The average molecular weight is 250 g/mol. The van der Waals surface area contributed by atoms with Gasteiger partial charge in [0, 0.05) is 25.7 Å². The van der Waals surface area contributed by atoms with Gasteiger partial charge in [-0.05, 0) is 25.1 Å². The molecule has 0 spiro atoms. The number of ether oxygens (including phenoxy) is 1. The first kappa shape index (κ1) is 12.7. The summed E-state index contributed by atoms with van der Waals surface area (Å²) in [5, 5.41) is 13.0. The molecule has 98 valence electrons. The monoisotopic (exact) mass is 250 g/mol. The molecule has 2 N–H and O–H groups in total. The molecule has 5 nitrogen and oxygen atoms in total. The topological polar surface area (TPSA) is 61.8 Å². The lowest BCUT2D eigenvalue weighted by atomic mass is 10.1. The van der Waals surface area contributed by atoms with E-state index in [2.05, 4.69) is 5.32 Å². The molecule has 0 radical (unpaired) electrons. The molecule has 1 amide bonds. The van der Waals surface area contributed by atoms with Crippen LogP contribution in [0, 0.1) is 0 Å². The summed E-state index contributed by atoms with van der Waals surface area (Å²) in [5.74, 6) is 0.408. The van der Waals surface area contributed by atoms with Crippen molar-refractivity contribution in [2.45, 2.75) is 13.0 Å². The van der Waals surface area contributed by atoms with Crippen molar-refractivity contribution in [2.24, 2.45) is 0 Å². The van der Waals surface area contributed by atoms with Crippen molar-refractivity contribution in [3.05, 3.63) is 23.8 Å². The van der Waals surface area contributed by atoms with Gasteiger partial charge < -0.3 is 20.1 Å². The minimum Gasteiger partial charge on any atom is -0.507 e. The van der Waals surface area contributed by atoms with E-state index in [0.717, 1.165) is 13.1 Å². The quantitative estimate of drug-likeness (QED) is 0.816. The van der Waals surface area contributed by atoms with E-state index in [-0.39, 0.29) is 17.7 Å². The summed E-state index contributed by atoms with van der Waals surface area (Å²) in [5.41, 5.74) is 0.295. The average Bonchev–Trinajstić information content (AvgIpc) is 2.39. The molecule has 1 aromatic carbocycles. The van der Waals surface area contributed by atoms with Crippen molar-refractivity contribution in [3.63, 3.8) is 0 Å². The molecule has 0 unspecified atom stereocenters. The number of carbonyl (C=O) groups is 1. The largest absolute Gasteiger partial charge is 0.507 e. The van der Waals surface area contributed by atoms with Crippen LogP contribution >= 0.6 is 0 Å². The number of piperazine rings is 1. The van der Waals surface area contributed by atoms with E-state index in [1.165, 1.54) is 13.2 Å². The molecule has 1 saturated heterocycles. The first-order valence-corrected chi connectivity index (χ1v) is 6.02. The van der Waals surface area contributed by atoms with Gasteiger partial charge in [0.15, 0.2) is 0 Å². The van der Waals surface area contributed by atoms with Crippen molar-refractivity contribution >= 4 is 5.91 Å². The molecule has 1 aliphatic rings. The summed E-state index contributed by atoms with van der Waals surface area (Å²) in [6, 6.07) is 4.82. The molecular weight excluding hydrogens is 232 g/mol. The van der Waals surface area contributed by atoms with Gasteiger partial charge in [0.1, 0.15) is 11.5 Å². The van der Waals surface area contributed by atoms with Crippen molar-refractivity contribution in [1.82, 2.24) is 10.2 Å². The highest BCUT2D eigenvalue weighted by Gasteiger charge is 2.26. The number of hydrogen-bond donors (Lipinski definition) is 2. The predicted octanol–water partition coefficient (Wildman–Crippen LogP) is 0.835. The van der Waals surface area contributed by atoms with Gasteiger partial charge in [-0.1, -0.05) is 0 Å². The second-order valence-corrected chi connectivity index (χ2v) is 4.43. The SMILES string of the molecule is COc1ccc(O)c(C(=O)N2CCNC[C@H]2C)c1. The third-order valence-electron chi connectivity index (χ3n) is 3.20. The highest BCUT2D eigenvalue weighted by molar-refractivity contribution is 5.97. The number of rotatable bonds is 2. The maximum absolute atomic E-state index is 12.4. The van der Waals surface area contributed by atoms with Gasteiger partial charge in [0.25, 0.3) is 5.91 Å². The Bertz CT molecular complexity index is 448. The van der Waals surface area contributed by atoms with Crippen LogP contribution in [0.3, 0.4) is 0 Å². The van der Waals surface area contributed by atoms with Crippen LogP contribution in [0.1, 0.15) is 17.3 Å². The van der Waals surface area contributed by atoms with Gasteiger partial charge in [0.2, 0.25) is 0 Å². The van der Waals surface area contributed by atoms with Crippen molar-refractivity contribution in [1.29, 1.82) is 0 Å². The number of benzene rings is 1. The van der Waals surface area contributed by atoms with E-state index in [1.54, 1.807) is 17.0 Å². The molecule has 0 aromatic heterocycles. The Kier molecular flexibility index (Phi) is 3.72. The Balaban J connectivity index is 2.27. The number of aromatic hydroxyl groups is 1. The first-order valence-electron chi connectivity index (χ1n) is 6.02. The van der Waals surface area contributed by atoms with Crippen molar-refractivity contribution in [3.8, 4) is 11.5 Å². The molecule has 1 aromatic rings. The summed E-state index contributed by atoms with van der Waals surface area (Å²) in [6.45, 7) is 4.19. The minimum absolute atomic E-state index is 0.00784. The summed E-state index contributed by atoms with van der Waals surface area (Å²) >= 11 is 0. The molecule has 1 aliphatic heterocycles. The zero-order valence-electron chi connectivity index (χ0n) is 10.6. The molecule has 18 heavy (non-hydrogen) atoms. The van der Waals surface area contributed by atoms with Crippen LogP contribution in [0.5, 0.6) is 11.5 Å². The smallest absolute Gasteiger partial charge is 0.258 e. The first-order chi connectivity index (χ1) is 8.63. The van der Waals surface area contributed by atoms with E-state index < -0.39 is 0 Å². The fraction of sp³-hybridized carbons (Fsp3) is 0.462. The molecule has 0 aliphatic carbocycles. The third kappa shape index (κ3) is 2.41. The van der Waals surface area contributed by atoms with Crippen LogP contribution in [0.25, 0.3) is 0 Å². The highest BCUT2D eigenvalue weighted by Crippen LogP contribution is 2.25. The van der Waals surface area contributed by atoms with E-state index in [9.17, 15) is 9.90 Å². The summed E-state index contributed by atoms with van der Waals surface area (Å²) < 4.78 is 5.08. The second kappa shape index (κ2) is 5.27. The van der Waals surface area contributed by atoms with Gasteiger partial charge in [-0.15, -0.1) is 0 Å². The van der Waals surface area contributed by atoms with Gasteiger partial charge in [-0.25, -0.2) is 0 Å². The number of amides is 1. The van der Waals surface area contributed by atoms with E-state index in [1.807, 2.05) is 6.92 Å². The van der Waals surface area contributed by atoms with Crippen molar-refractivity contribution in [2.75, 3.05) is 26.7 Å². The lowest BCUT2D eigenvalue weighted by Gasteiger charge is -2.34. The highest BCUT2D eigenvalue weighted by atomic mass is 16.5. The number of nitrogens with one attached hydrogen (secondary N) is 1. The molecule has 1 atom stereocenters. The van der Waals surface area contributed by atoms with Crippen LogP contribution in [-0.2, 0) is 0 Å². The molecule has 1 heterocycles.